The Morgan fingerprint density at radius 2 is 1.53 bits per heavy atom. The van der Waals surface area contributed by atoms with Crippen molar-refractivity contribution >= 4 is 34.2 Å². The zero-order valence-corrected chi connectivity index (χ0v) is 21.1. The lowest BCUT2D eigenvalue weighted by molar-refractivity contribution is -0.121. The van der Waals surface area contributed by atoms with Crippen molar-refractivity contribution in [1.82, 2.24) is 19.4 Å². The summed E-state index contributed by atoms with van der Waals surface area (Å²) in [6.45, 7) is 3.66. The summed E-state index contributed by atoms with van der Waals surface area (Å²) in [6, 6.07) is 14.7. The molecule has 0 bridgehead atoms. The van der Waals surface area contributed by atoms with Crippen molar-refractivity contribution in [2.45, 2.75) is 25.7 Å². The summed E-state index contributed by atoms with van der Waals surface area (Å²) in [5.41, 5.74) is 8.18. The maximum atomic E-state index is 12.6. The molecule has 2 saturated heterocycles. The molecule has 36 heavy (non-hydrogen) atoms. The van der Waals surface area contributed by atoms with Gasteiger partial charge in [-0.25, -0.2) is 9.36 Å². The molecule has 4 N–H and O–H groups in total. The normalized spacial score (nSPS) is 20.9. The Hall–Kier alpha value is -3.43. The number of rotatable bonds is 3. The van der Waals surface area contributed by atoms with Crippen molar-refractivity contribution in [3.8, 4) is 0 Å². The molecule has 192 valence electrons. The lowest BCUT2D eigenvalue weighted by Gasteiger charge is -2.28. The highest BCUT2D eigenvalue weighted by molar-refractivity contribution is 5.95. The fourth-order valence-corrected chi connectivity index (χ4v) is 5.05. The first-order valence-electron chi connectivity index (χ1n) is 12.6. The number of hydrogen-bond donors (Lipinski definition) is 3. The molecule has 9 heteroatoms. The number of benzene rings is 2. The molecule has 3 aromatic rings. The van der Waals surface area contributed by atoms with Gasteiger partial charge in [0.1, 0.15) is 0 Å². The molecule has 2 aliphatic rings. The lowest BCUT2D eigenvalue weighted by Crippen LogP contribution is -2.40. The third-order valence-electron chi connectivity index (χ3n) is 7.00. The van der Waals surface area contributed by atoms with E-state index in [1.54, 1.807) is 12.1 Å². The average molecular weight is 493 g/mol. The molecule has 3 heterocycles. The Kier molecular flexibility index (Phi) is 8.22. The number of nitrogens with two attached hydrogens (primary N) is 1. The van der Waals surface area contributed by atoms with Gasteiger partial charge < -0.3 is 25.8 Å². The van der Waals surface area contributed by atoms with Crippen LogP contribution < -0.4 is 16.7 Å². The first-order valence-corrected chi connectivity index (χ1v) is 12.6. The van der Waals surface area contributed by atoms with E-state index in [0.717, 1.165) is 51.9 Å². The number of aromatic amines is 1. The topological polar surface area (TPSA) is 116 Å². The number of H-pyrrole nitrogens is 1. The number of para-hydroxylation sites is 4. The van der Waals surface area contributed by atoms with Crippen LogP contribution in [0.25, 0.3) is 11.0 Å². The Labute approximate surface area is 211 Å². The van der Waals surface area contributed by atoms with E-state index < -0.39 is 0 Å². The van der Waals surface area contributed by atoms with Crippen molar-refractivity contribution in [3.05, 3.63) is 59.0 Å². The average Bonchev–Trinajstić information content (AvgIpc) is 3.21. The Balaban J connectivity index is 0.000000170. The number of aromatic nitrogens is 2. The van der Waals surface area contributed by atoms with E-state index in [9.17, 15) is 14.4 Å². The molecule has 0 unspecified atom stereocenters. The van der Waals surface area contributed by atoms with Crippen LogP contribution in [0.4, 0.5) is 11.4 Å². The minimum atomic E-state index is -0.334. The van der Waals surface area contributed by atoms with Crippen molar-refractivity contribution in [1.29, 1.82) is 0 Å². The number of anilines is 2. The van der Waals surface area contributed by atoms with E-state index in [4.69, 9.17) is 5.73 Å². The van der Waals surface area contributed by atoms with Gasteiger partial charge >= 0.3 is 5.69 Å². The highest BCUT2D eigenvalue weighted by Gasteiger charge is 2.27. The van der Waals surface area contributed by atoms with E-state index in [-0.39, 0.29) is 29.3 Å². The van der Waals surface area contributed by atoms with Crippen LogP contribution in [0.2, 0.25) is 0 Å². The van der Waals surface area contributed by atoms with Crippen LogP contribution in [0.5, 0.6) is 0 Å². The van der Waals surface area contributed by atoms with Crippen LogP contribution in [0, 0.1) is 11.8 Å². The summed E-state index contributed by atoms with van der Waals surface area (Å²) in [5.74, 6) is -0.0209. The zero-order chi connectivity index (χ0) is 25.7. The van der Waals surface area contributed by atoms with Gasteiger partial charge in [0.15, 0.2) is 0 Å². The molecule has 5 rings (SSSR count). The van der Waals surface area contributed by atoms with Gasteiger partial charge in [-0.15, -0.1) is 0 Å². The fraction of sp³-hybridized carbons (Fsp3) is 0.444. The smallest absolute Gasteiger partial charge is 0.333 e. The number of amides is 1. The second-order valence-corrected chi connectivity index (χ2v) is 9.90. The Morgan fingerprint density at radius 3 is 2.22 bits per heavy atom. The van der Waals surface area contributed by atoms with Gasteiger partial charge in [-0.3, -0.25) is 9.59 Å². The number of carbonyl (C=O) groups is 2. The van der Waals surface area contributed by atoms with Crippen molar-refractivity contribution in [3.63, 3.8) is 0 Å². The van der Waals surface area contributed by atoms with Crippen molar-refractivity contribution in [2.24, 2.45) is 11.8 Å². The summed E-state index contributed by atoms with van der Waals surface area (Å²) < 4.78 is 1.29. The fourth-order valence-electron chi connectivity index (χ4n) is 5.05. The van der Waals surface area contributed by atoms with E-state index >= 15 is 0 Å². The zero-order valence-electron chi connectivity index (χ0n) is 21.1. The van der Waals surface area contributed by atoms with Crippen molar-refractivity contribution < 1.29 is 9.59 Å². The van der Waals surface area contributed by atoms with Gasteiger partial charge in [-0.1, -0.05) is 24.3 Å². The van der Waals surface area contributed by atoms with Gasteiger partial charge in [0, 0.05) is 13.1 Å². The van der Waals surface area contributed by atoms with E-state index in [1.807, 2.05) is 43.4 Å². The van der Waals surface area contributed by atoms with Gasteiger partial charge in [-0.05, 0) is 77.1 Å². The SMILES string of the molecule is CN1CCC[C@H](C(=O)Nc2ccccc2N)C1.CN1CCC[C@H](C(=O)n2c(=O)[nH]c3ccccc32)C1. The molecule has 9 nitrogen and oxygen atoms in total. The van der Waals surface area contributed by atoms with E-state index in [2.05, 4.69) is 27.1 Å². The van der Waals surface area contributed by atoms with Crippen LogP contribution in [-0.2, 0) is 4.79 Å². The molecule has 0 radical (unpaired) electrons. The van der Waals surface area contributed by atoms with Gasteiger partial charge in [0.2, 0.25) is 11.8 Å². The second kappa shape index (κ2) is 11.5. The molecule has 2 aliphatic heterocycles. The van der Waals surface area contributed by atoms with Gasteiger partial charge in [-0.2, -0.15) is 0 Å². The maximum absolute atomic E-state index is 12.6. The largest absolute Gasteiger partial charge is 0.397 e. The number of imidazole rings is 1. The molecular weight excluding hydrogens is 456 g/mol. The monoisotopic (exact) mass is 492 g/mol. The molecule has 1 aromatic heterocycles. The quantitative estimate of drug-likeness (QED) is 0.484. The molecule has 2 fully saturated rings. The van der Waals surface area contributed by atoms with Crippen LogP contribution in [0.15, 0.2) is 53.3 Å². The highest BCUT2D eigenvalue weighted by atomic mass is 16.2. The molecule has 0 saturated carbocycles. The molecule has 0 aliphatic carbocycles. The third kappa shape index (κ3) is 6.03. The highest BCUT2D eigenvalue weighted by Crippen LogP contribution is 2.21. The predicted molar refractivity (Wildman–Crippen MR) is 143 cm³/mol. The lowest BCUT2D eigenvalue weighted by atomic mass is 9.97. The van der Waals surface area contributed by atoms with Crippen LogP contribution in [-0.4, -0.2) is 71.4 Å². The minimum Gasteiger partial charge on any atom is -0.397 e. The molecule has 0 spiro atoms. The summed E-state index contributed by atoms with van der Waals surface area (Å²) in [4.78, 5) is 43.7. The van der Waals surface area contributed by atoms with Gasteiger partial charge in [0.25, 0.3) is 0 Å². The summed E-state index contributed by atoms with van der Waals surface area (Å²) in [6.07, 6.45) is 3.90. The number of nitrogens with zero attached hydrogens (tertiary/aromatic N) is 3. The first-order chi connectivity index (χ1) is 17.3. The van der Waals surface area contributed by atoms with Crippen LogP contribution >= 0.6 is 0 Å². The number of nitrogens with one attached hydrogen (secondary N) is 2. The van der Waals surface area contributed by atoms with E-state index in [0.29, 0.717) is 22.4 Å². The molecule has 2 atom stereocenters. The molecule has 1 amide bonds. The summed E-state index contributed by atoms with van der Waals surface area (Å²) >= 11 is 0. The minimum absolute atomic E-state index is 0.0772. The van der Waals surface area contributed by atoms with Crippen LogP contribution in [0.1, 0.15) is 30.5 Å². The maximum Gasteiger partial charge on any atom is 0.333 e. The predicted octanol–water partition coefficient (Wildman–Crippen LogP) is 2.86. The molecular formula is C27H36N6O3. The Bertz CT molecular complexity index is 1270. The standard InChI is InChI=1S/C14H17N3O2.C13H19N3O/c1-16-8-4-5-10(9-16)13(18)17-12-7-3-2-6-11(12)15-14(17)19;1-16-8-4-5-10(9-16)13(17)15-12-7-3-2-6-11(12)14/h2-3,6-7,10H,4-5,8-9H2,1H3,(H,15,19);2-3,6-7,10H,4-5,8-9,14H2,1H3,(H,15,17)/t2*10-/m00/s1. The second-order valence-electron chi connectivity index (χ2n) is 9.90. The Morgan fingerprint density at radius 1 is 0.917 bits per heavy atom. The number of piperidine rings is 2. The first kappa shape index (κ1) is 25.7. The number of likely N-dealkylation sites (tertiary alicyclic amines) is 2. The number of nitrogen functional groups attached to an aromatic ring is 1. The van der Waals surface area contributed by atoms with Crippen LogP contribution in [0.3, 0.4) is 0 Å². The third-order valence-corrected chi connectivity index (χ3v) is 7.00. The number of fused-ring (bicyclic) bond motifs is 1. The van der Waals surface area contributed by atoms with Crippen molar-refractivity contribution in [2.75, 3.05) is 51.3 Å². The number of hydrogen-bond acceptors (Lipinski definition) is 6. The number of carbonyl (C=O) groups excluding carboxylic acids is 2. The summed E-state index contributed by atoms with van der Waals surface area (Å²) in [7, 11) is 4.06. The summed E-state index contributed by atoms with van der Waals surface area (Å²) in [5, 5.41) is 2.91. The van der Waals surface area contributed by atoms with E-state index in [1.165, 1.54) is 4.57 Å². The molecule has 2 aromatic carbocycles. The van der Waals surface area contributed by atoms with Gasteiger partial charge in [0.05, 0.1) is 34.2 Å².